The molecule has 6 heteroatoms. The van der Waals surface area contributed by atoms with Gasteiger partial charge in [-0.1, -0.05) is 79.9 Å². The Morgan fingerprint density at radius 2 is 1.39 bits per heavy atom. The lowest BCUT2D eigenvalue weighted by Crippen LogP contribution is -2.30. The Morgan fingerprint density at radius 1 is 0.806 bits per heavy atom. The van der Waals surface area contributed by atoms with Gasteiger partial charge in [0.05, 0.1) is 0 Å². The summed E-state index contributed by atoms with van der Waals surface area (Å²) in [6.07, 6.45) is 7.52. The maximum absolute atomic E-state index is 13.5. The summed E-state index contributed by atoms with van der Waals surface area (Å²) in [7, 11) is -3.70. The molecule has 0 aliphatic heterocycles. The van der Waals surface area contributed by atoms with Crippen molar-refractivity contribution in [2.24, 2.45) is 0 Å². The first-order valence-electron chi connectivity index (χ1n) is 10.9. The van der Waals surface area contributed by atoms with Gasteiger partial charge in [-0.25, -0.2) is 13.4 Å². The SMILES string of the molecule is O=S(=O)(c1ccc(NC2CCCCC2)nc1)N(Cc1ccccc1)Cc1ccccc1. The van der Waals surface area contributed by atoms with Gasteiger partial charge in [0.15, 0.2) is 0 Å². The maximum Gasteiger partial charge on any atom is 0.245 e. The molecule has 31 heavy (non-hydrogen) atoms. The summed E-state index contributed by atoms with van der Waals surface area (Å²) in [6, 6.07) is 23.2. The summed E-state index contributed by atoms with van der Waals surface area (Å²) < 4.78 is 28.5. The molecule has 1 fully saturated rings. The second kappa shape index (κ2) is 10.1. The highest BCUT2D eigenvalue weighted by Gasteiger charge is 2.25. The zero-order valence-corrected chi connectivity index (χ0v) is 18.5. The zero-order chi connectivity index (χ0) is 21.5. The lowest BCUT2D eigenvalue weighted by molar-refractivity contribution is 0.401. The van der Waals surface area contributed by atoms with Crippen LogP contribution in [0.4, 0.5) is 5.82 Å². The molecule has 0 atom stereocenters. The molecule has 5 nitrogen and oxygen atoms in total. The van der Waals surface area contributed by atoms with E-state index in [4.69, 9.17) is 0 Å². The second-order valence-electron chi connectivity index (χ2n) is 8.10. The Hall–Kier alpha value is -2.70. The van der Waals surface area contributed by atoms with Gasteiger partial charge in [0.1, 0.15) is 10.7 Å². The summed E-state index contributed by atoms with van der Waals surface area (Å²) in [6.45, 7) is 0.611. The van der Waals surface area contributed by atoms with Crippen molar-refractivity contribution in [2.45, 2.75) is 56.1 Å². The first-order chi connectivity index (χ1) is 15.1. The molecule has 2 aromatic carbocycles. The number of rotatable bonds is 8. The molecule has 0 unspecified atom stereocenters. The van der Waals surface area contributed by atoms with Crippen molar-refractivity contribution in [3.05, 3.63) is 90.1 Å². The summed E-state index contributed by atoms with van der Waals surface area (Å²) >= 11 is 0. The lowest BCUT2D eigenvalue weighted by atomic mass is 9.95. The number of hydrogen-bond donors (Lipinski definition) is 1. The highest BCUT2D eigenvalue weighted by Crippen LogP contribution is 2.24. The molecule has 1 aliphatic rings. The Labute approximate surface area is 185 Å². The smallest absolute Gasteiger partial charge is 0.245 e. The molecule has 1 N–H and O–H groups in total. The van der Waals surface area contributed by atoms with E-state index in [-0.39, 0.29) is 4.90 Å². The van der Waals surface area contributed by atoms with Crippen molar-refractivity contribution in [3.8, 4) is 0 Å². The number of benzene rings is 2. The quantitative estimate of drug-likeness (QED) is 0.527. The van der Waals surface area contributed by atoms with Crippen molar-refractivity contribution in [1.29, 1.82) is 0 Å². The maximum atomic E-state index is 13.5. The van der Waals surface area contributed by atoms with E-state index in [1.807, 2.05) is 60.7 Å². The van der Waals surface area contributed by atoms with Gasteiger partial charge >= 0.3 is 0 Å². The second-order valence-corrected chi connectivity index (χ2v) is 10.0. The molecule has 0 bridgehead atoms. The molecule has 3 aromatic rings. The topological polar surface area (TPSA) is 62.3 Å². The van der Waals surface area contributed by atoms with Crippen molar-refractivity contribution >= 4 is 15.8 Å². The fourth-order valence-corrected chi connectivity index (χ4v) is 5.39. The van der Waals surface area contributed by atoms with Gasteiger partial charge in [0.2, 0.25) is 10.0 Å². The summed E-state index contributed by atoms with van der Waals surface area (Å²) in [5.74, 6) is 0.739. The highest BCUT2D eigenvalue weighted by atomic mass is 32.2. The number of nitrogens with one attached hydrogen (secondary N) is 1. The Kier molecular flexibility index (Phi) is 6.99. The van der Waals surface area contributed by atoms with Crippen LogP contribution in [0.5, 0.6) is 0 Å². The van der Waals surface area contributed by atoms with Crippen molar-refractivity contribution in [3.63, 3.8) is 0 Å². The zero-order valence-electron chi connectivity index (χ0n) is 17.7. The Morgan fingerprint density at radius 3 is 1.90 bits per heavy atom. The predicted molar refractivity (Wildman–Crippen MR) is 124 cm³/mol. The summed E-state index contributed by atoms with van der Waals surface area (Å²) in [4.78, 5) is 4.63. The van der Waals surface area contributed by atoms with Crippen molar-refractivity contribution in [2.75, 3.05) is 5.32 Å². The molecular formula is C25H29N3O2S. The minimum Gasteiger partial charge on any atom is -0.367 e. The molecule has 1 aromatic heterocycles. The van der Waals surface area contributed by atoms with Crippen molar-refractivity contribution in [1.82, 2.24) is 9.29 Å². The van der Waals surface area contributed by atoms with Crippen LogP contribution in [0.1, 0.15) is 43.2 Å². The van der Waals surface area contributed by atoms with E-state index in [1.165, 1.54) is 29.8 Å². The van der Waals surface area contributed by atoms with Crippen LogP contribution in [-0.2, 0) is 23.1 Å². The van der Waals surface area contributed by atoms with Gasteiger partial charge in [-0.2, -0.15) is 4.31 Å². The summed E-state index contributed by atoms with van der Waals surface area (Å²) in [5.41, 5.74) is 1.90. The molecule has 1 heterocycles. The van der Waals surface area contributed by atoms with E-state index >= 15 is 0 Å². The third-order valence-corrected chi connectivity index (χ3v) is 7.51. The minimum atomic E-state index is -3.70. The first-order valence-corrected chi connectivity index (χ1v) is 12.4. The normalized spacial score (nSPS) is 15.1. The van der Waals surface area contributed by atoms with E-state index < -0.39 is 10.0 Å². The van der Waals surface area contributed by atoms with E-state index in [2.05, 4.69) is 10.3 Å². The lowest BCUT2D eigenvalue weighted by Gasteiger charge is -2.24. The van der Waals surface area contributed by atoms with Crippen LogP contribution in [0.15, 0.2) is 83.9 Å². The molecule has 4 rings (SSSR count). The van der Waals surface area contributed by atoms with Crippen LogP contribution < -0.4 is 5.32 Å². The molecular weight excluding hydrogens is 406 g/mol. The number of aromatic nitrogens is 1. The van der Waals surface area contributed by atoms with Gasteiger partial charge < -0.3 is 5.32 Å². The Balaban J connectivity index is 1.55. The van der Waals surface area contributed by atoms with Crippen LogP contribution in [0.3, 0.4) is 0 Å². The van der Waals surface area contributed by atoms with Gasteiger partial charge in [0.25, 0.3) is 0 Å². The fourth-order valence-electron chi connectivity index (χ4n) is 4.02. The minimum absolute atomic E-state index is 0.216. The third kappa shape index (κ3) is 5.71. The molecule has 0 saturated heterocycles. The Bertz CT molecular complexity index is 1010. The first kappa shape index (κ1) is 21.5. The van der Waals surface area contributed by atoms with Crippen LogP contribution in [-0.4, -0.2) is 23.7 Å². The standard InChI is InChI=1S/C25H29N3O2S/c29-31(30,24-16-17-25(26-18-24)27-23-14-8-3-9-15-23)28(19-21-10-4-1-5-11-21)20-22-12-6-2-7-13-22/h1-2,4-7,10-13,16-18,23H,3,8-9,14-15,19-20H2,(H,26,27). The van der Waals surface area contributed by atoms with Crippen LogP contribution in [0.2, 0.25) is 0 Å². The van der Waals surface area contributed by atoms with E-state index in [1.54, 1.807) is 12.1 Å². The average Bonchev–Trinajstić information content (AvgIpc) is 2.81. The average molecular weight is 436 g/mol. The van der Waals surface area contributed by atoms with Crippen LogP contribution >= 0.6 is 0 Å². The van der Waals surface area contributed by atoms with E-state index in [9.17, 15) is 8.42 Å². The van der Waals surface area contributed by atoms with Crippen LogP contribution in [0.25, 0.3) is 0 Å². The monoisotopic (exact) mass is 435 g/mol. The molecule has 162 valence electrons. The van der Waals surface area contributed by atoms with Gasteiger partial charge in [0, 0.05) is 25.3 Å². The fraction of sp³-hybridized carbons (Fsp3) is 0.320. The number of sulfonamides is 1. The van der Waals surface area contributed by atoms with E-state index in [0.29, 0.717) is 19.1 Å². The number of anilines is 1. The van der Waals surface area contributed by atoms with Gasteiger partial charge in [-0.3, -0.25) is 0 Å². The summed E-state index contributed by atoms with van der Waals surface area (Å²) in [5, 5.41) is 3.45. The predicted octanol–water partition coefficient (Wildman–Crippen LogP) is 5.22. The number of nitrogens with zero attached hydrogens (tertiary/aromatic N) is 2. The van der Waals surface area contributed by atoms with Crippen LogP contribution in [0, 0.1) is 0 Å². The molecule has 1 saturated carbocycles. The molecule has 1 aliphatic carbocycles. The molecule has 0 amide bonds. The van der Waals surface area contributed by atoms with Gasteiger partial charge in [-0.05, 0) is 36.1 Å². The molecule has 0 spiro atoms. The van der Waals surface area contributed by atoms with Crippen molar-refractivity contribution < 1.29 is 8.42 Å². The largest absolute Gasteiger partial charge is 0.367 e. The highest BCUT2D eigenvalue weighted by molar-refractivity contribution is 7.89. The number of hydrogen-bond acceptors (Lipinski definition) is 4. The number of pyridine rings is 1. The van der Waals surface area contributed by atoms with E-state index in [0.717, 1.165) is 29.8 Å². The van der Waals surface area contributed by atoms with Gasteiger partial charge in [-0.15, -0.1) is 0 Å². The third-order valence-electron chi connectivity index (χ3n) is 5.73. The molecule has 0 radical (unpaired) electrons.